The van der Waals surface area contributed by atoms with Gasteiger partial charge in [-0.2, -0.15) is 0 Å². The Morgan fingerprint density at radius 2 is 1.59 bits per heavy atom. The van der Waals surface area contributed by atoms with E-state index in [0.29, 0.717) is 44.3 Å². The molecule has 0 N–H and O–H groups in total. The van der Waals surface area contributed by atoms with Crippen molar-refractivity contribution in [3.05, 3.63) is 35.2 Å². The Balaban J connectivity index is 1.64. The average molecular weight is 370 g/mol. The highest BCUT2D eigenvalue weighted by Crippen LogP contribution is 2.17. The highest BCUT2D eigenvalue weighted by atomic mass is 16.6. The van der Waals surface area contributed by atoms with Gasteiger partial charge in [-0.25, -0.2) is 14.8 Å². The van der Waals surface area contributed by atoms with Gasteiger partial charge in [-0.1, -0.05) is 13.8 Å². The molecule has 27 heavy (non-hydrogen) atoms. The van der Waals surface area contributed by atoms with E-state index in [4.69, 9.17) is 4.74 Å². The second-order valence-corrected chi connectivity index (χ2v) is 7.35. The van der Waals surface area contributed by atoms with E-state index in [1.54, 1.807) is 21.9 Å². The number of fused-ring (bicyclic) bond motifs is 1. The number of carbonyl (C=O) groups excluding carboxylic acids is 2. The molecule has 144 valence electrons. The summed E-state index contributed by atoms with van der Waals surface area (Å²) >= 11 is 0. The quantitative estimate of drug-likeness (QED) is 0.830. The first-order valence-electron chi connectivity index (χ1n) is 9.31. The number of nitrogens with zero attached hydrogens (tertiary/aromatic N) is 4. The summed E-state index contributed by atoms with van der Waals surface area (Å²) < 4.78 is 5.26. The maximum Gasteiger partial charge on any atom is 0.409 e. The summed E-state index contributed by atoms with van der Waals surface area (Å²) in [6.07, 6.45) is -0.303. The molecule has 1 aliphatic rings. The van der Waals surface area contributed by atoms with Crippen LogP contribution in [0, 0.1) is 19.8 Å². The van der Waals surface area contributed by atoms with Crippen molar-refractivity contribution in [3.63, 3.8) is 0 Å². The van der Waals surface area contributed by atoms with Crippen LogP contribution in [0.2, 0.25) is 0 Å². The summed E-state index contributed by atoms with van der Waals surface area (Å²) in [4.78, 5) is 37.3. The van der Waals surface area contributed by atoms with E-state index in [1.807, 2.05) is 33.8 Å². The third-order valence-corrected chi connectivity index (χ3v) is 4.69. The average Bonchev–Trinajstić information content (AvgIpc) is 2.66. The molecule has 2 amide bonds. The predicted molar refractivity (Wildman–Crippen MR) is 103 cm³/mol. The largest absolute Gasteiger partial charge is 0.449 e. The van der Waals surface area contributed by atoms with Crippen molar-refractivity contribution in [1.82, 2.24) is 19.8 Å². The van der Waals surface area contributed by atoms with E-state index in [9.17, 15) is 9.59 Å². The molecule has 0 radical (unpaired) electrons. The van der Waals surface area contributed by atoms with Crippen molar-refractivity contribution < 1.29 is 14.3 Å². The van der Waals surface area contributed by atoms with Crippen molar-refractivity contribution in [2.75, 3.05) is 32.8 Å². The van der Waals surface area contributed by atoms with E-state index in [1.165, 1.54) is 0 Å². The number of ether oxygens (including phenoxy) is 1. The highest BCUT2D eigenvalue weighted by Gasteiger charge is 2.26. The van der Waals surface area contributed by atoms with Crippen molar-refractivity contribution >= 4 is 23.0 Å². The lowest BCUT2D eigenvalue weighted by atomic mass is 10.1. The molecular weight excluding hydrogens is 344 g/mol. The Morgan fingerprint density at radius 3 is 2.22 bits per heavy atom. The van der Waals surface area contributed by atoms with Crippen molar-refractivity contribution in [2.24, 2.45) is 5.92 Å². The number of carbonyl (C=O) groups is 2. The van der Waals surface area contributed by atoms with Gasteiger partial charge >= 0.3 is 6.09 Å². The van der Waals surface area contributed by atoms with Crippen LogP contribution in [-0.2, 0) is 4.74 Å². The van der Waals surface area contributed by atoms with E-state index < -0.39 is 0 Å². The van der Waals surface area contributed by atoms with Crippen molar-refractivity contribution in [2.45, 2.75) is 27.7 Å². The molecule has 3 rings (SSSR count). The normalized spacial score (nSPS) is 14.7. The molecule has 0 spiro atoms. The minimum atomic E-state index is -0.303. The molecule has 1 saturated heterocycles. The standard InChI is InChI=1S/C20H26N4O3/c1-13(2)12-27-20(26)24-9-7-23(8-10-24)19(25)16-5-6-17-18(11-16)22-15(4)14(3)21-17/h5-6,11,13H,7-10,12H2,1-4H3. The molecule has 0 saturated carbocycles. The molecule has 0 unspecified atom stereocenters. The number of piperazine rings is 1. The summed E-state index contributed by atoms with van der Waals surface area (Å²) in [5.41, 5.74) is 3.85. The third kappa shape index (κ3) is 4.35. The maximum absolute atomic E-state index is 12.8. The molecular formula is C20H26N4O3. The molecule has 7 heteroatoms. The lowest BCUT2D eigenvalue weighted by Gasteiger charge is -2.34. The molecule has 2 aromatic rings. The van der Waals surface area contributed by atoms with E-state index in [2.05, 4.69) is 9.97 Å². The molecule has 7 nitrogen and oxygen atoms in total. The number of aromatic nitrogens is 2. The molecule has 1 fully saturated rings. The van der Waals surface area contributed by atoms with Gasteiger partial charge in [0, 0.05) is 31.7 Å². The fourth-order valence-electron chi connectivity index (χ4n) is 2.97. The van der Waals surface area contributed by atoms with Crippen LogP contribution in [0.5, 0.6) is 0 Å². The summed E-state index contributed by atoms with van der Waals surface area (Å²) in [5, 5.41) is 0. The molecule has 1 aromatic carbocycles. The summed E-state index contributed by atoms with van der Waals surface area (Å²) in [6.45, 7) is 10.2. The molecule has 2 heterocycles. The Morgan fingerprint density at radius 1 is 1.00 bits per heavy atom. The van der Waals surface area contributed by atoms with Crippen LogP contribution in [0.25, 0.3) is 11.0 Å². The minimum absolute atomic E-state index is 0.0490. The highest BCUT2D eigenvalue weighted by molar-refractivity contribution is 5.97. The van der Waals surface area contributed by atoms with Crippen molar-refractivity contribution in [1.29, 1.82) is 0 Å². The second-order valence-electron chi connectivity index (χ2n) is 7.35. The zero-order valence-corrected chi connectivity index (χ0v) is 16.4. The lowest BCUT2D eigenvalue weighted by molar-refractivity contribution is 0.0535. The first kappa shape index (κ1) is 19.1. The fourth-order valence-corrected chi connectivity index (χ4v) is 2.97. The minimum Gasteiger partial charge on any atom is -0.449 e. The van der Waals surface area contributed by atoms with E-state index in [0.717, 1.165) is 22.4 Å². The first-order chi connectivity index (χ1) is 12.8. The number of amides is 2. The van der Waals surface area contributed by atoms with Crippen LogP contribution < -0.4 is 0 Å². The number of benzene rings is 1. The predicted octanol–water partition coefficient (Wildman–Crippen LogP) is 2.80. The van der Waals surface area contributed by atoms with Gasteiger partial charge in [0.05, 0.1) is 29.0 Å². The Kier molecular flexibility index (Phi) is 5.58. The summed E-state index contributed by atoms with van der Waals surface area (Å²) in [6, 6.07) is 5.42. The first-order valence-corrected chi connectivity index (χ1v) is 9.31. The lowest BCUT2D eigenvalue weighted by Crippen LogP contribution is -2.50. The monoisotopic (exact) mass is 370 g/mol. The van der Waals surface area contributed by atoms with Crippen LogP contribution in [0.4, 0.5) is 4.79 Å². The van der Waals surface area contributed by atoms with Crippen LogP contribution in [0.3, 0.4) is 0 Å². The SMILES string of the molecule is Cc1nc2ccc(C(=O)N3CCN(C(=O)OCC(C)C)CC3)cc2nc1C. The van der Waals surface area contributed by atoms with Gasteiger partial charge in [0.25, 0.3) is 5.91 Å². The van der Waals surface area contributed by atoms with Crippen LogP contribution >= 0.6 is 0 Å². The van der Waals surface area contributed by atoms with Gasteiger partial charge in [-0.3, -0.25) is 4.79 Å². The second kappa shape index (κ2) is 7.90. The molecule has 0 atom stereocenters. The van der Waals surface area contributed by atoms with Gasteiger partial charge in [0.15, 0.2) is 0 Å². The number of hydrogen-bond donors (Lipinski definition) is 0. The molecule has 1 aliphatic heterocycles. The zero-order chi connectivity index (χ0) is 19.6. The van der Waals surface area contributed by atoms with Crippen molar-refractivity contribution in [3.8, 4) is 0 Å². The van der Waals surface area contributed by atoms with Gasteiger partial charge < -0.3 is 14.5 Å². The van der Waals surface area contributed by atoms with E-state index >= 15 is 0 Å². The van der Waals surface area contributed by atoms with Gasteiger partial charge in [-0.05, 0) is 38.0 Å². The Bertz CT molecular complexity index is 858. The topological polar surface area (TPSA) is 75.6 Å². The van der Waals surface area contributed by atoms with Crippen LogP contribution in [-0.4, -0.2) is 64.6 Å². The summed E-state index contributed by atoms with van der Waals surface area (Å²) in [7, 11) is 0. The fraction of sp³-hybridized carbons (Fsp3) is 0.500. The third-order valence-electron chi connectivity index (χ3n) is 4.69. The molecule has 1 aromatic heterocycles. The number of aryl methyl sites for hydroxylation is 2. The Hall–Kier alpha value is -2.70. The Labute approximate surface area is 159 Å². The summed E-state index contributed by atoms with van der Waals surface area (Å²) in [5.74, 6) is 0.257. The molecule has 0 aliphatic carbocycles. The smallest absolute Gasteiger partial charge is 0.409 e. The van der Waals surface area contributed by atoms with Crippen LogP contribution in [0.1, 0.15) is 35.6 Å². The van der Waals surface area contributed by atoms with Gasteiger partial charge in [0.2, 0.25) is 0 Å². The zero-order valence-electron chi connectivity index (χ0n) is 16.4. The number of rotatable bonds is 3. The van der Waals surface area contributed by atoms with Crippen LogP contribution in [0.15, 0.2) is 18.2 Å². The van der Waals surface area contributed by atoms with Gasteiger partial charge in [0.1, 0.15) is 0 Å². The maximum atomic E-state index is 12.8. The molecule has 0 bridgehead atoms. The number of hydrogen-bond acceptors (Lipinski definition) is 5. The van der Waals surface area contributed by atoms with Gasteiger partial charge in [-0.15, -0.1) is 0 Å². The van der Waals surface area contributed by atoms with E-state index in [-0.39, 0.29) is 12.0 Å².